The number of hydrogen-bond donors (Lipinski definition) is 1. The number of nitrogens with one attached hydrogen (secondary N) is 1. The molecule has 0 amide bonds. The van der Waals surface area contributed by atoms with Crippen LogP contribution < -0.4 is 10.2 Å². The maximum absolute atomic E-state index is 6.42. The van der Waals surface area contributed by atoms with E-state index < -0.39 is 0 Å². The number of rotatable bonds is 13. The third kappa shape index (κ3) is 14.4. The van der Waals surface area contributed by atoms with Gasteiger partial charge in [-0.1, -0.05) is 380 Å². The van der Waals surface area contributed by atoms with Crippen molar-refractivity contribution in [2.24, 2.45) is 0 Å². The molecule has 1 N–H and O–H groups in total. The highest BCUT2D eigenvalue weighted by molar-refractivity contribution is 9.10. The van der Waals surface area contributed by atoms with Gasteiger partial charge in [0.2, 0.25) is 0 Å². The molecule has 20 aromatic carbocycles. The Hall–Kier alpha value is -14.9. The van der Waals surface area contributed by atoms with Crippen molar-refractivity contribution >= 4 is 131 Å². The van der Waals surface area contributed by atoms with Gasteiger partial charge in [-0.15, -0.1) is 0 Å². The minimum atomic E-state index is 0.906. The zero-order chi connectivity index (χ0) is 78.0. The summed E-state index contributed by atoms with van der Waals surface area (Å²) in [7, 11) is 0. The summed E-state index contributed by atoms with van der Waals surface area (Å²) >= 11 is 3.48. The van der Waals surface area contributed by atoms with Crippen molar-refractivity contribution in [1.82, 2.24) is 0 Å². The Kier molecular flexibility index (Phi) is 19.2. The summed E-state index contributed by atoms with van der Waals surface area (Å²) in [6, 6.07) is 160. The molecule has 0 spiro atoms. The van der Waals surface area contributed by atoms with E-state index in [2.05, 4.69) is 451 Å². The molecule has 2 heterocycles. The lowest BCUT2D eigenvalue weighted by Crippen LogP contribution is -2.10. The van der Waals surface area contributed by atoms with Crippen LogP contribution in [-0.4, -0.2) is 0 Å². The third-order valence-electron chi connectivity index (χ3n) is 22.5. The highest BCUT2D eigenvalue weighted by Gasteiger charge is 2.19. The van der Waals surface area contributed by atoms with Gasteiger partial charge in [-0.2, -0.15) is 0 Å². The van der Waals surface area contributed by atoms with E-state index in [1.54, 1.807) is 0 Å². The minimum absolute atomic E-state index is 0.906. The summed E-state index contributed by atoms with van der Waals surface area (Å²) in [6.07, 6.45) is 0. The molecule has 22 rings (SSSR count). The van der Waals surface area contributed by atoms with Crippen molar-refractivity contribution in [3.63, 3.8) is 0 Å². The summed E-state index contributed by atoms with van der Waals surface area (Å²) in [5.41, 5.74) is 28.1. The first kappa shape index (κ1) is 71.2. The first-order valence-electron chi connectivity index (χ1n) is 39.7. The molecule has 0 aliphatic carbocycles. The molecule has 0 saturated heterocycles. The standard InChI is InChI=1S/C56H37NO.C34H23NO.C22H15Br/c1-3-17-48-40(11-1)13-8-20-50(48)42-27-25-38(26-28-42)39-29-33-45(34-30-39)57(47-16-7-15-44(37-47)51-21-9-14-41-12-2-4-18-49(41)51)46-35-31-43(32-36-46)52-22-10-23-54-53-19-5-6-24-55(53)58-56(52)54;1-2-12-28-23(8-1)9-6-14-29(28)25-10-5-11-27(22-25)35-26-20-18-24(19-21-26)30-15-7-16-32-31-13-3-4-17-33(31)36-34(30)32;23-20-14-12-17(13-15-20)16-8-10-19(11-9-16)22-7-3-5-18-4-1-2-6-21(18)22/h1-37H;1-22,35H;1-15H. The summed E-state index contributed by atoms with van der Waals surface area (Å²) in [5.74, 6) is 0. The fourth-order valence-corrected chi connectivity index (χ4v) is 17.0. The van der Waals surface area contributed by atoms with E-state index in [-0.39, 0.29) is 0 Å². The molecule has 2 aromatic heterocycles. The molecule has 22 aromatic rings. The van der Waals surface area contributed by atoms with E-state index in [0.717, 1.165) is 99.0 Å². The van der Waals surface area contributed by atoms with Crippen LogP contribution in [0.1, 0.15) is 0 Å². The van der Waals surface area contributed by atoms with Crippen LogP contribution in [0.25, 0.3) is 176 Å². The Morgan fingerprint density at radius 1 is 0.188 bits per heavy atom. The van der Waals surface area contributed by atoms with Gasteiger partial charge < -0.3 is 19.1 Å². The largest absolute Gasteiger partial charge is 0.455 e. The molecular weight excluding hydrogens is 1490 g/mol. The van der Waals surface area contributed by atoms with E-state index in [4.69, 9.17) is 8.83 Å². The molecular formula is C112H75BrN2O2. The highest BCUT2D eigenvalue weighted by atomic mass is 79.9. The van der Waals surface area contributed by atoms with E-state index in [1.807, 2.05) is 24.3 Å². The van der Waals surface area contributed by atoms with Crippen LogP contribution in [0.3, 0.4) is 0 Å². The van der Waals surface area contributed by atoms with E-state index in [9.17, 15) is 0 Å². The predicted molar refractivity (Wildman–Crippen MR) is 500 cm³/mol. The van der Waals surface area contributed by atoms with E-state index in [0.29, 0.717) is 0 Å². The van der Waals surface area contributed by atoms with Crippen LogP contribution in [0.5, 0.6) is 0 Å². The molecule has 5 heteroatoms. The van der Waals surface area contributed by atoms with Crippen LogP contribution in [0.2, 0.25) is 0 Å². The van der Waals surface area contributed by atoms with Crippen molar-refractivity contribution in [3.8, 4) is 89.0 Å². The van der Waals surface area contributed by atoms with Crippen LogP contribution in [0.4, 0.5) is 28.4 Å². The number of furan rings is 2. The Morgan fingerprint density at radius 3 is 0.915 bits per heavy atom. The molecule has 0 saturated carbocycles. The Balaban J connectivity index is 0.000000126. The molecule has 0 bridgehead atoms. The lowest BCUT2D eigenvalue weighted by molar-refractivity contribution is 0.669. The van der Waals surface area contributed by atoms with Crippen LogP contribution in [0.15, 0.2) is 462 Å². The predicted octanol–water partition coefficient (Wildman–Crippen LogP) is 32.8. The summed E-state index contributed by atoms with van der Waals surface area (Å²) in [5, 5.41) is 18.2. The molecule has 4 nitrogen and oxygen atoms in total. The summed E-state index contributed by atoms with van der Waals surface area (Å²) in [6.45, 7) is 0. The normalized spacial score (nSPS) is 11.3. The maximum atomic E-state index is 6.42. The maximum Gasteiger partial charge on any atom is 0.143 e. The number of anilines is 5. The lowest BCUT2D eigenvalue weighted by atomic mass is 9.96. The Bertz CT molecular complexity index is 7370. The molecule has 0 aliphatic heterocycles. The first-order valence-corrected chi connectivity index (χ1v) is 40.5. The number of halogens is 1. The quantitative estimate of drug-likeness (QED) is 0.125. The Labute approximate surface area is 687 Å². The topological polar surface area (TPSA) is 41.6 Å². The van der Waals surface area contributed by atoms with Crippen molar-refractivity contribution in [2.75, 3.05) is 10.2 Å². The lowest BCUT2D eigenvalue weighted by Gasteiger charge is -2.26. The molecule has 117 heavy (non-hydrogen) atoms. The zero-order valence-electron chi connectivity index (χ0n) is 63.9. The first-order chi connectivity index (χ1) is 57.9. The summed E-state index contributed by atoms with van der Waals surface area (Å²) in [4.78, 5) is 2.35. The van der Waals surface area contributed by atoms with Gasteiger partial charge in [0, 0.05) is 65.6 Å². The van der Waals surface area contributed by atoms with E-state index in [1.165, 1.54) is 110 Å². The average Bonchev–Trinajstić information content (AvgIpc) is 1.66. The molecule has 0 fully saturated rings. The molecule has 0 unspecified atom stereocenters. The van der Waals surface area contributed by atoms with Crippen molar-refractivity contribution in [2.45, 2.75) is 0 Å². The van der Waals surface area contributed by atoms with Gasteiger partial charge in [0.25, 0.3) is 0 Å². The van der Waals surface area contributed by atoms with Gasteiger partial charge in [0.15, 0.2) is 0 Å². The smallest absolute Gasteiger partial charge is 0.143 e. The second-order valence-electron chi connectivity index (χ2n) is 29.6. The fraction of sp³-hybridized carbons (Fsp3) is 0. The molecule has 0 radical (unpaired) electrons. The van der Waals surface area contributed by atoms with Crippen LogP contribution >= 0.6 is 15.9 Å². The molecule has 552 valence electrons. The number of benzene rings is 20. The number of fused-ring (bicyclic) bond motifs is 10. The second kappa shape index (κ2) is 31.6. The summed E-state index contributed by atoms with van der Waals surface area (Å²) < 4.78 is 13.8. The van der Waals surface area contributed by atoms with Gasteiger partial charge in [-0.25, -0.2) is 0 Å². The van der Waals surface area contributed by atoms with Crippen molar-refractivity contribution < 1.29 is 8.83 Å². The zero-order valence-corrected chi connectivity index (χ0v) is 65.5. The highest BCUT2D eigenvalue weighted by Crippen LogP contribution is 2.44. The minimum Gasteiger partial charge on any atom is -0.455 e. The van der Waals surface area contributed by atoms with Gasteiger partial charge in [0.1, 0.15) is 22.3 Å². The van der Waals surface area contributed by atoms with Gasteiger partial charge >= 0.3 is 0 Å². The van der Waals surface area contributed by atoms with Gasteiger partial charge in [0.05, 0.1) is 0 Å². The van der Waals surface area contributed by atoms with Crippen LogP contribution in [-0.2, 0) is 0 Å². The third-order valence-corrected chi connectivity index (χ3v) is 23.0. The van der Waals surface area contributed by atoms with Crippen molar-refractivity contribution in [3.05, 3.63) is 453 Å². The second-order valence-corrected chi connectivity index (χ2v) is 30.5. The fourth-order valence-electron chi connectivity index (χ4n) is 16.7. The molecule has 0 atom stereocenters. The van der Waals surface area contributed by atoms with E-state index >= 15 is 0 Å². The number of hydrogen-bond acceptors (Lipinski definition) is 4. The Morgan fingerprint density at radius 2 is 0.479 bits per heavy atom. The monoisotopic (exact) mass is 1560 g/mol. The molecule has 0 aliphatic rings. The van der Waals surface area contributed by atoms with Crippen LogP contribution in [0, 0.1) is 0 Å². The van der Waals surface area contributed by atoms with Gasteiger partial charge in [-0.3, -0.25) is 0 Å². The average molecular weight is 1560 g/mol. The number of para-hydroxylation sites is 4. The van der Waals surface area contributed by atoms with Gasteiger partial charge in [-0.05, 0) is 206 Å². The van der Waals surface area contributed by atoms with Crippen molar-refractivity contribution in [1.29, 1.82) is 0 Å². The SMILES string of the molecule is Brc1ccc(-c2ccc(-c3cccc4ccccc34)cc2)cc1.c1cc(-c2cccc3ccccc23)cc(N(c2ccc(-c3ccc(-c4cccc5ccccc45)cc3)cc2)c2ccc(-c3cccc4c3oc3ccccc34)cc2)c1.c1cc(Nc2ccc(-c3cccc4c3oc3ccccc34)cc2)cc(-c2cccc3ccccc23)c1. The number of nitrogens with zero attached hydrogens (tertiary/aromatic N) is 1.